The van der Waals surface area contributed by atoms with Crippen LogP contribution >= 0.6 is 0 Å². The number of Topliss-reactive ketones (excluding diaryl/α,β-unsaturated/α-hetero) is 1. The van der Waals surface area contributed by atoms with Crippen LogP contribution in [-0.4, -0.2) is 54.2 Å². The quantitative estimate of drug-likeness (QED) is 0.409. The van der Waals surface area contributed by atoms with Gasteiger partial charge in [0.05, 0.1) is 6.10 Å². The molecule has 0 spiro atoms. The number of hydrogen-bond acceptors (Lipinski definition) is 8. The zero-order valence-electron chi connectivity index (χ0n) is 23.8. The highest BCUT2D eigenvalue weighted by Gasteiger charge is 2.76. The highest BCUT2D eigenvalue weighted by atomic mass is 16.7. The van der Waals surface area contributed by atoms with E-state index in [0.29, 0.717) is 19.3 Å². The smallest absolute Gasteiger partial charge is 0.305 e. The maximum atomic E-state index is 14.1. The van der Waals surface area contributed by atoms with Crippen LogP contribution in [0.4, 0.5) is 0 Å². The van der Waals surface area contributed by atoms with Crippen LogP contribution in [0.5, 0.6) is 0 Å². The molecule has 214 valence electrons. The van der Waals surface area contributed by atoms with Crippen LogP contribution in [-0.2, 0) is 38.1 Å². The lowest BCUT2D eigenvalue weighted by atomic mass is 9.46. The third-order valence-corrected chi connectivity index (χ3v) is 10.4. The van der Waals surface area contributed by atoms with Gasteiger partial charge in [-0.1, -0.05) is 52.7 Å². The fourth-order valence-electron chi connectivity index (χ4n) is 8.69. The molecule has 0 radical (unpaired) electrons. The molecule has 0 bridgehead atoms. The van der Waals surface area contributed by atoms with Gasteiger partial charge in [0, 0.05) is 29.6 Å². The van der Waals surface area contributed by atoms with Gasteiger partial charge < -0.3 is 18.9 Å². The molecule has 0 aromatic rings. The van der Waals surface area contributed by atoms with E-state index in [1.165, 1.54) is 0 Å². The van der Waals surface area contributed by atoms with E-state index in [1.807, 2.05) is 13.0 Å². The largest absolute Gasteiger partial charge is 0.462 e. The molecular weight excluding hydrogens is 500 g/mol. The number of ketones is 2. The molecule has 8 heteroatoms. The van der Waals surface area contributed by atoms with E-state index in [1.54, 1.807) is 26.0 Å². The van der Waals surface area contributed by atoms with Gasteiger partial charge in [0.1, 0.15) is 6.10 Å². The fraction of sp³-hybridized carbons (Fsp3) is 0.742. The third kappa shape index (κ3) is 4.24. The Labute approximate surface area is 230 Å². The summed E-state index contributed by atoms with van der Waals surface area (Å²) in [5, 5.41) is 0. The average molecular weight is 543 g/mol. The first kappa shape index (κ1) is 28.2. The number of ether oxygens (including phenoxy) is 4. The lowest BCUT2D eigenvalue weighted by molar-refractivity contribution is -0.209. The molecule has 0 amide bonds. The molecule has 5 aliphatic rings. The van der Waals surface area contributed by atoms with Gasteiger partial charge in [0.25, 0.3) is 0 Å². The van der Waals surface area contributed by atoms with Gasteiger partial charge in [-0.05, 0) is 56.1 Å². The van der Waals surface area contributed by atoms with Gasteiger partial charge in [0.15, 0.2) is 24.3 Å². The number of hydrogen-bond donors (Lipinski definition) is 0. The van der Waals surface area contributed by atoms with E-state index >= 15 is 0 Å². The minimum atomic E-state index is -1.29. The number of carbonyl (C=O) groups excluding carboxylic acids is 4. The molecule has 0 aromatic heterocycles. The summed E-state index contributed by atoms with van der Waals surface area (Å²) >= 11 is 0. The highest BCUT2D eigenvalue weighted by molar-refractivity contribution is 6.01. The molecule has 3 saturated carbocycles. The van der Waals surface area contributed by atoms with Crippen molar-refractivity contribution in [1.29, 1.82) is 0 Å². The minimum Gasteiger partial charge on any atom is -0.462 e. The predicted molar refractivity (Wildman–Crippen MR) is 141 cm³/mol. The Kier molecular flexibility index (Phi) is 7.42. The Morgan fingerprint density at radius 3 is 2.54 bits per heavy atom. The standard InChI is InChI=1S/C31H42O8/c1-6-9-27-38-24-15-21-20-11-10-18-14-19(32)12-13-29(18,4)28(20)22(37-26(35)8-3)16-30(21,5)31(24,39-27)23(33)17-36-25(34)7-2/h12-14,20-22,24,27-28H,6-11,15-17H2,1-5H3/t20-,21-,22-,24+,27?,28+,29-,30-,31+/m0/s1. The summed E-state index contributed by atoms with van der Waals surface area (Å²) in [6.45, 7) is 9.40. The number of fused-ring (bicyclic) bond motifs is 7. The summed E-state index contributed by atoms with van der Waals surface area (Å²) in [6.07, 6.45) is 8.56. The Hall–Kier alpha value is -2.32. The van der Waals surface area contributed by atoms with E-state index in [9.17, 15) is 19.2 Å². The van der Waals surface area contributed by atoms with E-state index < -0.39 is 40.9 Å². The minimum absolute atomic E-state index is 0.00554. The second kappa shape index (κ2) is 10.3. The van der Waals surface area contributed by atoms with Gasteiger partial charge in [-0.2, -0.15) is 0 Å². The van der Waals surface area contributed by atoms with Crippen molar-refractivity contribution in [3.63, 3.8) is 0 Å². The molecule has 39 heavy (non-hydrogen) atoms. The maximum absolute atomic E-state index is 14.1. The van der Waals surface area contributed by atoms with Gasteiger partial charge in [0.2, 0.25) is 5.78 Å². The highest BCUT2D eigenvalue weighted by Crippen LogP contribution is 2.70. The third-order valence-electron chi connectivity index (χ3n) is 10.4. The first-order valence-corrected chi connectivity index (χ1v) is 14.7. The first-order valence-electron chi connectivity index (χ1n) is 14.7. The van der Waals surface area contributed by atoms with Crippen LogP contribution in [0, 0.1) is 28.6 Å². The van der Waals surface area contributed by atoms with Crippen LogP contribution < -0.4 is 0 Å². The van der Waals surface area contributed by atoms with Crippen molar-refractivity contribution in [3.05, 3.63) is 23.8 Å². The van der Waals surface area contributed by atoms with Crippen molar-refractivity contribution in [2.45, 2.75) is 110 Å². The topological polar surface area (TPSA) is 105 Å². The number of carbonyl (C=O) groups is 4. The van der Waals surface area contributed by atoms with Crippen LogP contribution in [0.2, 0.25) is 0 Å². The lowest BCUT2D eigenvalue weighted by Crippen LogP contribution is -2.64. The number of rotatable bonds is 8. The van der Waals surface area contributed by atoms with E-state index in [0.717, 1.165) is 24.8 Å². The number of esters is 2. The molecule has 1 saturated heterocycles. The van der Waals surface area contributed by atoms with E-state index in [4.69, 9.17) is 18.9 Å². The summed E-state index contributed by atoms with van der Waals surface area (Å²) in [5.74, 6) is -0.833. The molecule has 1 aliphatic heterocycles. The summed E-state index contributed by atoms with van der Waals surface area (Å²) in [7, 11) is 0. The number of allylic oxidation sites excluding steroid dienone is 4. The second-order valence-electron chi connectivity index (χ2n) is 12.4. The molecule has 1 unspecified atom stereocenters. The molecule has 1 heterocycles. The summed E-state index contributed by atoms with van der Waals surface area (Å²) < 4.78 is 24.6. The summed E-state index contributed by atoms with van der Waals surface area (Å²) in [6, 6.07) is 0. The van der Waals surface area contributed by atoms with Crippen molar-refractivity contribution in [3.8, 4) is 0 Å². The molecule has 4 aliphatic carbocycles. The normalized spacial score (nSPS) is 42.1. The van der Waals surface area contributed by atoms with Crippen molar-refractivity contribution in [2.75, 3.05) is 6.61 Å². The second-order valence-corrected chi connectivity index (χ2v) is 12.4. The molecule has 9 atom stereocenters. The first-order chi connectivity index (χ1) is 18.5. The van der Waals surface area contributed by atoms with Crippen LogP contribution in [0.1, 0.15) is 86.0 Å². The molecule has 8 nitrogen and oxygen atoms in total. The summed E-state index contributed by atoms with van der Waals surface area (Å²) in [4.78, 5) is 51.1. The Balaban J connectivity index is 1.58. The van der Waals surface area contributed by atoms with Crippen molar-refractivity contribution < 1.29 is 38.1 Å². The van der Waals surface area contributed by atoms with Crippen LogP contribution in [0.15, 0.2) is 23.8 Å². The van der Waals surface area contributed by atoms with E-state index in [-0.39, 0.29) is 54.7 Å². The maximum Gasteiger partial charge on any atom is 0.305 e. The Morgan fingerprint density at radius 1 is 1.10 bits per heavy atom. The average Bonchev–Trinajstić information content (AvgIpc) is 3.39. The Morgan fingerprint density at radius 2 is 1.85 bits per heavy atom. The SMILES string of the molecule is CCCC1O[C@@H]2C[C@H]3[C@@H]4CCC5=CC(=O)C=C[C@]5(C)[C@H]4[C@@H](OC(=O)CC)C[C@]3(C)[C@]2(C(=O)COC(=O)CC)O1. The molecule has 4 fully saturated rings. The van der Waals surface area contributed by atoms with Gasteiger partial charge in [-0.3, -0.25) is 19.2 Å². The fourth-order valence-corrected chi connectivity index (χ4v) is 8.69. The van der Waals surface area contributed by atoms with Gasteiger partial charge >= 0.3 is 11.9 Å². The summed E-state index contributed by atoms with van der Waals surface area (Å²) in [5.41, 5.74) is -1.32. The predicted octanol–water partition coefficient (Wildman–Crippen LogP) is 4.64. The van der Waals surface area contributed by atoms with Gasteiger partial charge in [-0.15, -0.1) is 0 Å². The zero-order valence-corrected chi connectivity index (χ0v) is 23.8. The molecule has 5 rings (SSSR count). The lowest BCUT2D eigenvalue weighted by Gasteiger charge is -2.60. The van der Waals surface area contributed by atoms with Crippen LogP contribution in [0.3, 0.4) is 0 Å². The van der Waals surface area contributed by atoms with Crippen molar-refractivity contribution in [2.24, 2.45) is 28.6 Å². The Bertz CT molecular complexity index is 1110. The van der Waals surface area contributed by atoms with E-state index in [2.05, 4.69) is 13.8 Å². The monoisotopic (exact) mass is 542 g/mol. The molecule has 0 aromatic carbocycles. The molecule has 0 N–H and O–H groups in total. The zero-order chi connectivity index (χ0) is 28.2. The van der Waals surface area contributed by atoms with Crippen LogP contribution in [0.25, 0.3) is 0 Å². The van der Waals surface area contributed by atoms with Crippen molar-refractivity contribution >= 4 is 23.5 Å². The van der Waals surface area contributed by atoms with Gasteiger partial charge in [-0.25, -0.2) is 0 Å². The molecular formula is C31H42O8. The van der Waals surface area contributed by atoms with Crippen molar-refractivity contribution in [1.82, 2.24) is 0 Å².